The van der Waals surface area contributed by atoms with E-state index in [2.05, 4.69) is 14.9 Å². The van der Waals surface area contributed by atoms with Crippen molar-refractivity contribution in [2.45, 2.75) is 23.4 Å². The lowest BCUT2D eigenvalue weighted by Gasteiger charge is -2.19. The molecule has 212 valence electrons. The second-order valence-electron chi connectivity index (χ2n) is 9.34. The summed E-state index contributed by atoms with van der Waals surface area (Å²) in [4.78, 5) is 10.8. The van der Waals surface area contributed by atoms with Crippen LogP contribution < -0.4 is 4.72 Å². The van der Waals surface area contributed by atoms with E-state index in [1.165, 1.54) is 30.0 Å². The summed E-state index contributed by atoms with van der Waals surface area (Å²) >= 11 is 1.44. The lowest BCUT2D eigenvalue weighted by atomic mass is 10.1. The predicted molar refractivity (Wildman–Crippen MR) is 164 cm³/mol. The summed E-state index contributed by atoms with van der Waals surface area (Å²) in [7, 11) is -3.92. The third-order valence-electron chi connectivity index (χ3n) is 6.33. The van der Waals surface area contributed by atoms with E-state index in [4.69, 9.17) is 0 Å². The summed E-state index contributed by atoms with van der Waals surface area (Å²) in [5.74, 6) is 0.959. The molecule has 0 saturated heterocycles. The van der Waals surface area contributed by atoms with Crippen LogP contribution in [0.25, 0.3) is 11.8 Å². The van der Waals surface area contributed by atoms with Gasteiger partial charge in [0.05, 0.1) is 11.0 Å². The van der Waals surface area contributed by atoms with Crippen molar-refractivity contribution in [3.05, 3.63) is 153 Å². The number of sulfonamides is 1. The van der Waals surface area contributed by atoms with Crippen LogP contribution in [0.1, 0.15) is 28.6 Å². The van der Waals surface area contributed by atoms with Gasteiger partial charge in [-0.2, -0.15) is 0 Å². The van der Waals surface area contributed by atoms with E-state index in [1.807, 2.05) is 91.0 Å². The van der Waals surface area contributed by atoms with Crippen LogP contribution in [0.4, 0.5) is 5.69 Å². The van der Waals surface area contributed by atoms with Crippen LogP contribution in [0.5, 0.6) is 0 Å². The first kappa shape index (κ1) is 28.9. The Hall–Kier alpha value is -4.58. The Balaban J connectivity index is 1.55. The number of benzene rings is 4. The molecule has 0 aliphatic carbocycles. The van der Waals surface area contributed by atoms with Crippen molar-refractivity contribution in [3.8, 4) is 5.69 Å². The number of hydrogen-bond acceptors (Lipinski definition) is 7. The van der Waals surface area contributed by atoms with Gasteiger partial charge in [0, 0.05) is 29.0 Å². The number of nitro benzene ring substituents is 1. The minimum absolute atomic E-state index is 0.0561. The maximum Gasteiger partial charge on any atom is 0.269 e. The molecule has 0 fully saturated rings. The van der Waals surface area contributed by atoms with Gasteiger partial charge in [0.2, 0.25) is 10.0 Å². The smallest absolute Gasteiger partial charge is 0.269 e. The minimum atomic E-state index is -3.92. The number of non-ortho nitro benzene ring substituents is 1. The molecule has 5 aromatic rings. The van der Waals surface area contributed by atoms with Crippen molar-refractivity contribution in [1.29, 1.82) is 0 Å². The zero-order chi connectivity index (χ0) is 29.4. The first-order valence-electron chi connectivity index (χ1n) is 13.0. The van der Waals surface area contributed by atoms with Crippen molar-refractivity contribution in [2.24, 2.45) is 0 Å². The van der Waals surface area contributed by atoms with Gasteiger partial charge in [-0.3, -0.25) is 14.7 Å². The third kappa shape index (κ3) is 7.58. The van der Waals surface area contributed by atoms with Crippen LogP contribution in [0.3, 0.4) is 0 Å². The fourth-order valence-electron chi connectivity index (χ4n) is 4.29. The van der Waals surface area contributed by atoms with Crippen LogP contribution in [-0.4, -0.2) is 28.1 Å². The van der Waals surface area contributed by atoms with E-state index in [9.17, 15) is 18.5 Å². The molecule has 0 saturated carbocycles. The molecule has 0 spiro atoms. The lowest BCUT2D eigenvalue weighted by Crippen LogP contribution is -2.30. The number of nitro groups is 1. The molecule has 0 bridgehead atoms. The maximum atomic E-state index is 13.3. The molecule has 1 atom stereocenters. The first-order chi connectivity index (χ1) is 20.4. The molecular weight excluding hydrogens is 571 g/mol. The first-order valence-corrected chi connectivity index (χ1v) is 15.6. The van der Waals surface area contributed by atoms with Gasteiger partial charge in [-0.1, -0.05) is 103 Å². The average molecular weight is 598 g/mol. The largest absolute Gasteiger partial charge is 0.273 e. The Morgan fingerprint density at radius 2 is 1.43 bits per heavy atom. The maximum absolute atomic E-state index is 13.3. The zero-order valence-corrected chi connectivity index (χ0v) is 24.0. The Morgan fingerprint density at radius 1 is 0.833 bits per heavy atom. The van der Waals surface area contributed by atoms with Crippen molar-refractivity contribution in [1.82, 2.24) is 19.5 Å². The van der Waals surface area contributed by atoms with Crippen LogP contribution in [0, 0.1) is 10.1 Å². The number of nitrogens with one attached hydrogen (secondary N) is 1. The Labute approximate surface area is 248 Å². The van der Waals surface area contributed by atoms with Gasteiger partial charge in [0.1, 0.15) is 0 Å². The second-order valence-corrected chi connectivity index (χ2v) is 11.9. The second kappa shape index (κ2) is 13.4. The Kier molecular flexibility index (Phi) is 9.22. The molecular formula is C31H27N5O4S2. The minimum Gasteiger partial charge on any atom is -0.273 e. The normalized spacial score (nSPS) is 12.4. The Bertz CT molecular complexity index is 1760. The Morgan fingerprint density at radius 3 is 2.05 bits per heavy atom. The highest BCUT2D eigenvalue weighted by molar-refractivity contribution is 7.98. The molecule has 42 heavy (non-hydrogen) atoms. The summed E-state index contributed by atoms with van der Waals surface area (Å²) < 4.78 is 31.2. The van der Waals surface area contributed by atoms with Gasteiger partial charge >= 0.3 is 0 Å². The van der Waals surface area contributed by atoms with Crippen LogP contribution >= 0.6 is 11.8 Å². The predicted octanol–water partition coefficient (Wildman–Crippen LogP) is 6.34. The summed E-state index contributed by atoms with van der Waals surface area (Å²) in [5, 5.41) is 21.9. The van der Waals surface area contributed by atoms with Gasteiger partial charge < -0.3 is 0 Å². The molecule has 1 heterocycles. The van der Waals surface area contributed by atoms with Gasteiger partial charge in [0.25, 0.3) is 5.69 Å². The van der Waals surface area contributed by atoms with Gasteiger partial charge in [-0.15, -0.1) is 10.2 Å². The highest BCUT2D eigenvalue weighted by atomic mass is 32.2. The van der Waals surface area contributed by atoms with E-state index < -0.39 is 21.0 Å². The standard InChI is InChI=1S/C31H27N5O4S2/c37-36(38)28-18-16-27(17-19-28)35-30(32-33-31(35)41-23-26-14-8-3-9-15-26)29(22-25-12-6-2-7-13-25)34-42(39,40)21-20-24-10-4-1-5-11-24/h1-21,29,34H,22-23H2/b21-20+. The number of nitrogens with zero attached hydrogens (tertiary/aromatic N) is 4. The van der Waals surface area contributed by atoms with Crippen LogP contribution in [-0.2, 0) is 22.2 Å². The molecule has 5 rings (SSSR count). The van der Waals surface area contributed by atoms with Crippen LogP contribution in [0.15, 0.2) is 126 Å². The molecule has 1 N–H and O–H groups in total. The van der Waals surface area contributed by atoms with Gasteiger partial charge in [-0.25, -0.2) is 13.1 Å². The van der Waals surface area contributed by atoms with Crippen LogP contribution in [0.2, 0.25) is 0 Å². The molecule has 11 heteroatoms. The highest BCUT2D eigenvalue weighted by Gasteiger charge is 2.27. The average Bonchev–Trinajstić information content (AvgIpc) is 3.44. The summed E-state index contributed by atoms with van der Waals surface area (Å²) in [5.41, 5.74) is 3.24. The monoisotopic (exact) mass is 597 g/mol. The summed E-state index contributed by atoms with van der Waals surface area (Å²) in [6.07, 6.45) is 1.83. The molecule has 0 radical (unpaired) electrons. The highest BCUT2D eigenvalue weighted by Crippen LogP contribution is 2.30. The fraction of sp³-hybridized carbons (Fsp3) is 0.0968. The van der Waals surface area contributed by atoms with E-state index >= 15 is 0 Å². The lowest BCUT2D eigenvalue weighted by molar-refractivity contribution is -0.384. The molecule has 0 amide bonds. The van der Waals surface area contributed by atoms with Crippen molar-refractivity contribution in [2.75, 3.05) is 0 Å². The van der Waals surface area contributed by atoms with E-state index in [0.717, 1.165) is 22.1 Å². The number of hydrogen-bond donors (Lipinski definition) is 1. The number of rotatable bonds is 12. The summed E-state index contributed by atoms with van der Waals surface area (Å²) in [6, 6.07) is 33.8. The van der Waals surface area contributed by atoms with Gasteiger partial charge in [0.15, 0.2) is 11.0 Å². The zero-order valence-electron chi connectivity index (χ0n) is 22.4. The molecule has 1 aromatic heterocycles. The molecule has 1 unspecified atom stereocenters. The molecule has 0 aliphatic heterocycles. The fourth-order valence-corrected chi connectivity index (χ4v) is 6.21. The van der Waals surface area contributed by atoms with E-state index in [1.54, 1.807) is 16.7 Å². The molecule has 0 aliphatic rings. The summed E-state index contributed by atoms with van der Waals surface area (Å²) in [6.45, 7) is 0. The molecule has 9 nitrogen and oxygen atoms in total. The van der Waals surface area contributed by atoms with Gasteiger partial charge in [-0.05, 0) is 41.3 Å². The topological polar surface area (TPSA) is 120 Å². The number of aromatic nitrogens is 3. The molecule has 4 aromatic carbocycles. The SMILES string of the molecule is O=[N+]([O-])c1ccc(-n2c(SCc3ccccc3)nnc2C(Cc2ccccc2)NS(=O)(=O)/C=C/c2ccccc2)cc1. The quantitative estimate of drug-likeness (QED) is 0.101. The van der Waals surface area contributed by atoms with E-state index in [-0.39, 0.29) is 5.69 Å². The van der Waals surface area contributed by atoms with E-state index in [0.29, 0.717) is 28.8 Å². The third-order valence-corrected chi connectivity index (χ3v) is 8.44. The van der Waals surface area contributed by atoms with Crippen molar-refractivity contribution < 1.29 is 13.3 Å². The number of thioether (sulfide) groups is 1. The van der Waals surface area contributed by atoms with Crippen molar-refractivity contribution in [3.63, 3.8) is 0 Å². The van der Waals surface area contributed by atoms with Crippen molar-refractivity contribution >= 4 is 33.5 Å².